The third kappa shape index (κ3) is 5.51. The van der Waals surface area contributed by atoms with Gasteiger partial charge in [0.05, 0.1) is 24.3 Å². The predicted molar refractivity (Wildman–Crippen MR) is 113 cm³/mol. The number of rotatable bonds is 9. The Balaban J connectivity index is 1.68. The van der Waals surface area contributed by atoms with Gasteiger partial charge in [0.1, 0.15) is 0 Å². The third-order valence-corrected chi connectivity index (χ3v) is 4.70. The summed E-state index contributed by atoms with van der Waals surface area (Å²) < 4.78 is 0. The molecule has 144 valence electrons. The van der Waals surface area contributed by atoms with E-state index in [-0.39, 0.29) is 24.5 Å². The highest BCUT2D eigenvalue weighted by molar-refractivity contribution is 5.78. The Bertz CT molecular complexity index is 798. The lowest BCUT2D eigenvalue weighted by Gasteiger charge is -2.21. The maximum atomic E-state index is 12.7. The Morgan fingerprint density at radius 2 is 1.54 bits per heavy atom. The summed E-state index contributed by atoms with van der Waals surface area (Å²) in [6.07, 6.45) is 3.70. The molecular formula is C24H27N3O. The van der Waals surface area contributed by atoms with Gasteiger partial charge in [0, 0.05) is 6.20 Å². The number of carbonyl (C=O) groups is 1. The average molecular weight is 374 g/mol. The SMILES string of the molecule is CCCC(NC(=O)CNC(c1ccccc1)c1ccccn1)c1ccccc1. The van der Waals surface area contributed by atoms with Crippen molar-refractivity contribution in [2.24, 2.45) is 0 Å². The van der Waals surface area contributed by atoms with Gasteiger partial charge in [-0.3, -0.25) is 15.1 Å². The summed E-state index contributed by atoms with van der Waals surface area (Å²) in [6.45, 7) is 2.36. The van der Waals surface area contributed by atoms with Gasteiger partial charge < -0.3 is 5.32 Å². The van der Waals surface area contributed by atoms with E-state index in [2.05, 4.69) is 34.7 Å². The number of pyridine rings is 1. The van der Waals surface area contributed by atoms with E-state index >= 15 is 0 Å². The lowest BCUT2D eigenvalue weighted by atomic mass is 10.0. The van der Waals surface area contributed by atoms with Crippen molar-refractivity contribution in [3.63, 3.8) is 0 Å². The molecule has 1 amide bonds. The third-order valence-electron chi connectivity index (χ3n) is 4.70. The van der Waals surface area contributed by atoms with Gasteiger partial charge in [-0.05, 0) is 29.7 Å². The number of carbonyl (C=O) groups excluding carboxylic acids is 1. The second-order valence-electron chi connectivity index (χ2n) is 6.80. The van der Waals surface area contributed by atoms with Crippen molar-refractivity contribution < 1.29 is 4.79 Å². The zero-order chi connectivity index (χ0) is 19.6. The summed E-state index contributed by atoms with van der Waals surface area (Å²) in [7, 11) is 0. The number of amides is 1. The fourth-order valence-corrected chi connectivity index (χ4v) is 3.32. The topological polar surface area (TPSA) is 54.0 Å². The smallest absolute Gasteiger partial charge is 0.234 e. The molecule has 0 saturated carbocycles. The fraction of sp³-hybridized carbons (Fsp3) is 0.250. The zero-order valence-corrected chi connectivity index (χ0v) is 16.2. The number of hydrogen-bond donors (Lipinski definition) is 2. The normalized spacial score (nSPS) is 12.9. The minimum atomic E-state index is -0.130. The first-order chi connectivity index (χ1) is 13.8. The fourth-order valence-electron chi connectivity index (χ4n) is 3.32. The monoisotopic (exact) mass is 373 g/mol. The summed E-state index contributed by atoms with van der Waals surface area (Å²) in [6, 6.07) is 26.0. The highest BCUT2D eigenvalue weighted by Crippen LogP contribution is 2.20. The van der Waals surface area contributed by atoms with Crippen LogP contribution in [0, 0.1) is 0 Å². The Kier molecular flexibility index (Phi) is 7.33. The molecular weight excluding hydrogens is 346 g/mol. The van der Waals surface area contributed by atoms with Gasteiger partial charge in [0.15, 0.2) is 0 Å². The summed E-state index contributed by atoms with van der Waals surface area (Å²) in [5.74, 6) is -0.0147. The van der Waals surface area contributed by atoms with Crippen LogP contribution in [0.2, 0.25) is 0 Å². The van der Waals surface area contributed by atoms with Gasteiger partial charge in [0.25, 0.3) is 0 Å². The van der Waals surface area contributed by atoms with Crippen LogP contribution in [0.3, 0.4) is 0 Å². The van der Waals surface area contributed by atoms with E-state index in [0.29, 0.717) is 0 Å². The number of hydrogen-bond acceptors (Lipinski definition) is 3. The molecule has 2 atom stereocenters. The molecule has 1 heterocycles. The molecule has 4 nitrogen and oxygen atoms in total. The maximum Gasteiger partial charge on any atom is 0.234 e. The molecule has 3 aromatic rings. The lowest BCUT2D eigenvalue weighted by molar-refractivity contribution is -0.121. The number of nitrogens with one attached hydrogen (secondary N) is 2. The Morgan fingerprint density at radius 1 is 0.893 bits per heavy atom. The van der Waals surface area contributed by atoms with Crippen LogP contribution in [0.4, 0.5) is 0 Å². The van der Waals surface area contributed by atoms with Crippen LogP contribution in [-0.4, -0.2) is 17.4 Å². The van der Waals surface area contributed by atoms with Gasteiger partial charge >= 0.3 is 0 Å². The number of benzene rings is 2. The van der Waals surface area contributed by atoms with Crippen molar-refractivity contribution >= 4 is 5.91 Å². The van der Waals surface area contributed by atoms with Crippen molar-refractivity contribution in [1.29, 1.82) is 0 Å². The number of aromatic nitrogens is 1. The van der Waals surface area contributed by atoms with Gasteiger partial charge in [-0.25, -0.2) is 0 Å². The molecule has 0 radical (unpaired) electrons. The van der Waals surface area contributed by atoms with Crippen molar-refractivity contribution in [1.82, 2.24) is 15.6 Å². The standard InChI is InChI=1S/C24H27N3O/c1-2-11-21(19-12-5-3-6-13-19)27-23(28)18-26-24(20-14-7-4-8-15-20)22-16-9-10-17-25-22/h3-10,12-17,21,24,26H,2,11,18H2,1H3,(H,27,28). The van der Waals surface area contributed by atoms with Crippen LogP contribution < -0.4 is 10.6 Å². The summed E-state index contributed by atoms with van der Waals surface area (Å²) in [5.41, 5.74) is 3.12. The van der Waals surface area contributed by atoms with Gasteiger partial charge in [-0.2, -0.15) is 0 Å². The highest BCUT2D eigenvalue weighted by Gasteiger charge is 2.18. The van der Waals surface area contributed by atoms with Crippen LogP contribution in [0.25, 0.3) is 0 Å². The van der Waals surface area contributed by atoms with Gasteiger partial charge in [0.2, 0.25) is 5.91 Å². The van der Waals surface area contributed by atoms with E-state index in [4.69, 9.17) is 0 Å². The predicted octanol–water partition coefficient (Wildman–Crippen LogP) is 4.42. The Hall–Kier alpha value is -2.98. The minimum Gasteiger partial charge on any atom is -0.348 e. The number of nitrogens with zero attached hydrogens (tertiary/aromatic N) is 1. The quantitative estimate of drug-likeness (QED) is 0.584. The van der Waals surface area contributed by atoms with Gasteiger partial charge in [-0.1, -0.05) is 80.1 Å². The molecule has 2 N–H and O–H groups in total. The molecule has 0 aliphatic carbocycles. The molecule has 2 unspecified atom stereocenters. The van der Waals surface area contributed by atoms with Crippen LogP contribution in [0.5, 0.6) is 0 Å². The van der Waals surface area contributed by atoms with E-state index < -0.39 is 0 Å². The average Bonchev–Trinajstić information content (AvgIpc) is 2.76. The van der Waals surface area contributed by atoms with Crippen molar-refractivity contribution in [3.05, 3.63) is 102 Å². The Morgan fingerprint density at radius 3 is 2.14 bits per heavy atom. The van der Waals surface area contributed by atoms with Crippen molar-refractivity contribution in [3.8, 4) is 0 Å². The first-order valence-corrected chi connectivity index (χ1v) is 9.81. The molecule has 1 aromatic heterocycles. The highest BCUT2D eigenvalue weighted by atomic mass is 16.2. The van der Waals surface area contributed by atoms with Gasteiger partial charge in [-0.15, -0.1) is 0 Å². The van der Waals surface area contributed by atoms with E-state index in [1.54, 1.807) is 6.20 Å². The van der Waals surface area contributed by atoms with Crippen LogP contribution in [-0.2, 0) is 4.79 Å². The molecule has 0 spiro atoms. The largest absolute Gasteiger partial charge is 0.348 e. The van der Waals surface area contributed by atoms with Crippen molar-refractivity contribution in [2.75, 3.05) is 6.54 Å². The second kappa shape index (κ2) is 10.4. The molecule has 3 rings (SSSR count). The van der Waals surface area contributed by atoms with Crippen LogP contribution in [0.1, 0.15) is 48.7 Å². The van der Waals surface area contributed by atoms with Crippen LogP contribution >= 0.6 is 0 Å². The Labute approximate surface area is 167 Å². The van der Waals surface area contributed by atoms with E-state index in [1.165, 1.54) is 0 Å². The molecule has 0 bridgehead atoms. The molecule has 2 aromatic carbocycles. The first kappa shape index (κ1) is 19.8. The summed E-state index contributed by atoms with van der Waals surface area (Å²) in [5, 5.41) is 6.55. The summed E-state index contributed by atoms with van der Waals surface area (Å²) in [4.78, 5) is 17.2. The first-order valence-electron chi connectivity index (χ1n) is 9.81. The molecule has 4 heteroatoms. The molecule has 0 aliphatic rings. The molecule has 0 aliphatic heterocycles. The lowest BCUT2D eigenvalue weighted by Crippen LogP contribution is -2.38. The van der Waals surface area contributed by atoms with Crippen molar-refractivity contribution in [2.45, 2.75) is 31.8 Å². The molecule has 0 saturated heterocycles. The molecule has 28 heavy (non-hydrogen) atoms. The minimum absolute atomic E-state index is 0.0147. The summed E-state index contributed by atoms with van der Waals surface area (Å²) >= 11 is 0. The zero-order valence-electron chi connectivity index (χ0n) is 16.2. The van der Waals surface area contributed by atoms with E-state index in [0.717, 1.165) is 29.7 Å². The molecule has 0 fully saturated rings. The maximum absolute atomic E-state index is 12.7. The van der Waals surface area contributed by atoms with E-state index in [9.17, 15) is 4.79 Å². The second-order valence-corrected chi connectivity index (χ2v) is 6.80. The van der Waals surface area contributed by atoms with Crippen LogP contribution in [0.15, 0.2) is 85.1 Å². The van der Waals surface area contributed by atoms with E-state index in [1.807, 2.05) is 66.7 Å².